The van der Waals surface area contributed by atoms with E-state index in [9.17, 15) is 5.11 Å². The molecule has 0 unspecified atom stereocenters. The number of ether oxygens (including phenoxy) is 1. The Balaban J connectivity index is 2.21. The molecule has 0 fully saturated rings. The summed E-state index contributed by atoms with van der Waals surface area (Å²) in [6, 6.07) is 10.4. The lowest BCUT2D eigenvalue weighted by Crippen LogP contribution is -1.94. The third-order valence-electron chi connectivity index (χ3n) is 2.78. The fourth-order valence-electron chi connectivity index (χ4n) is 1.92. The highest BCUT2D eigenvalue weighted by atomic mass is 35.5. The summed E-state index contributed by atoms with van der Waals surface area (Å²) >= 11 is 11.9. The summed E-state index contributed by atoms with van der Waals surface area (Å²) in [4.78, 5) is 0. The van der Waals surface area contributed by atoms with Crippen molar-refractivity contribution >= 4 is 23.2 Å². The molecule has 0 heterocycles. The molecule has 106 valence electrons. The van der Waals surface area contributed by atoms with Crippen LogP contribution in [-0.2, 0) is 6.42 Å². The molecule has 0 amide bonds. The number of benzene rings is 2. The van der Waals surface area contributed by atoms with Gasteiger partial charge in [0.25, 0.3) is 0 Å². The van der Waals surface area contributed by atoms with Gasteiger partial charge in [-0.15, -0.1) is 0 Å². The van der Waals surface area contributed by atoms with Crippen LogP contribution >= 0.6 is 23.2 Å². The Hall–Kier alpha value is -1.38. The molecule has 2 aromatic carbocycles. The second kappa shape index (κ2) is 6.38. The van der Waals surface area contributed by atoms with Gasteiger partial charge in [-0.3, -0.25) is 0 Å². The van der Waals surface area contributed by atoms with Crippen LogP contribution in [0.2, 0.25) is 10.0 Å². The first-order valence-corrected chi connectivity index (χ1v) is 7.16. The number of rotatable bonds is 4. The Morgan fingerprint density at radius 3 is 2.35 bits per heavy atom. The van der Waals surface area contributed by atoms with E-state index < -0.39 is 0 Å². The SMILES string of the molecule is CC(C)Cc1ccc(Oc2ccc(Cl)cc2Cl)c(O)c1. The summed E-state index contributed by atoms with van der Waals surface area (Å²) in [5, 5.41) is 11.0. The van der Waals surface area contributed by atoms with E-state index in [1.54, 1.807) is 30.3 Å². The smallest absolute Gasteiger partial charge is 0.169 e. The minimum Gasteiger partial charge on any atom is -0.504 e. The highest BCUT2D eigenvalue weighted by Gasteiger charge is 2.09. The monoisotopic (exact) mass is 310 g/mol. The van der Waals surface area contributed by atoms with Gasteiger partial charge in [0, 0.05) is 5.02 Å². The first-order chi connectivity index (χ1) is 9.45. The Morgan fingerprint density at radius 2 is 1.75 bits per heavy atom. The number of halogens is 2. The molecular formula is C16H16Cl2O2. The van der Waals surface area contributed by atoms with E-state index in [1.807, 2.05) is 6.07 Å². The first kappa shape index (κ1) is 15.0. The molecule has 0 saturated heterocycles. The van der Waals surface area contributed by atoms with Crippen LogP contribution in [0.5, 0.6) is 17.2 Å². The van der Waals surface area contributed by atoms with Crippen LogP contribution in [0.3, 0.4) is 0 Å². The average molecular weight is 311 g/mol. The second-order valence-electron chi connectivity index (χ2n) is 5.08. The van der Waals surface area contributed by atoms with Gasteiger partial charge in [0.15, 0.2) is 11.5 Å². The molecular weight excluding hydrogens is 295 g/mol. The predicted molar refractivity (Wildman–Crippen MR) is 83.2 cm³/mol. The normalized spacial score (nSPS) is 10.8. The minimum absolute atomic E-state index is 0.106. The molecule has 0 radical (unpaired) electrons. The Labute approximate surface area is 128 Å². The fraction of sp³-hybridized carbons (Fsp3) is 0.250. The van der Waals surface area contributed by atoms with Gasteiger partial charge in [-0.2, -0.15) is 0 Å². The van der Waals surface area contributed by atoms with E-state index >= 15 is 0 Å². The van der Waals surface area contributed by atoms with Crippen LogP contribution in [0.4, 0.5) is 0 Å². The summed E-state index contributed by atoms with van der Waals surface area (Å²) in [7, 11) is 0. The fourth-order valence-corrected chi connectivity index (χ4v) is 2.37. The van der Waals surface area contributed by atoms with Crippen molar-refractivity contribution in [3.8, 4) is 17.2 Å². The van der Waals surface area contributed by atoms with Gasteiger partial charge in [0.05, 0.1) is 5.02 Å². The standard InChI is InChI=1S/C16H16Cl2O2/c1-10(2)7-11-3-5-16(14(19)8-11)20-15-6-4-12(17)9-13(15)18/h3-6,8-10,19H,7H2,1-2H3. The van der Waals surface area contributed by atoms with Crippen LogP contribution in [0.15, 0.2) is 36.4 Å². The quantitative estimate of drug-likeness (QED) is 0.786. The summed E-state index contributed by atoms with van der Waals surface area (Å²) < 4.78 is 5.61. The number of phenols is 1. The zero-order valence-corrected chi connectivity index (χ0v) is 12.9. The van der Waals surface area contributed by atoms with Crippen molar-refractivity contribution in [1.29, 1.82) is 0 Å². The van der Waals surface area contributed by atoms with Crippen LogP contribution in [0, 0.1) is 5.92 Å². The van der Waals surface area contributed by atoms with E-state index in [2.05, 4.69) is 13.8 Å². The molecule has 0 saturated carbocycles. The summed E-state index contributed by atoms with van der Waals surface area (Å²) in [5.41, 5.74) is 1.08. The maximum atomic E-state index is 10.0. The number of hydrogen-bond donors (Lipinski definition) is 1. The molecule has 2 nitrogen and oxygen atoms in total. The Bertz CT molecular complexity index is 609. The van der Waals surface area contributed by atoms with Crippen molar-refractivity contribution in [3.63, 3.8) is 0 Å². The van der Waals surface area contributed by atoms with Crippen molar-refractivity contribution < 1.29 is 9.84 Å². The molecule has 0 aliphatic heterocycles. The molecule has 2 aromatic rings. The van der Waals surface area contributed by atoms with Gasteiger partial charge in [-0.1, -0.05) is 43.1 Å². The highest BCUT2D eigenvalue weighted by molar-refractivity contribution is 6.35. The lowest BCUT2D eigenvalue weighted by atomic mass is 10.0. The summed E-state index contributed by atoms with van der Waals surface area (Å²) in [6.07, 6.45) is 0.912. The number of aromatic hydroxyl groups is 1. The van der Waals surface area contributed by atoms with Crippen molar-refractivity contribution in [2.45, 2.75) is 20.3 Å². The highest BCUT2D eigenvalue weighted by Crippen LogP contribution is 2.36. The molecule has 2 rings (SSSR count). The second-order valence-corrected chi connectivity index (χ2v) is 5.92. The maximum absolute atomic E-state index is 10.0. The zero-order valence-electron chi connectivity index (χ0n) is 11.4. The Kier molecular flexibility index (Phi) is 4.79. The third kappa shape index (κ3) is 3.81. The van der Waals surface area contributed by atoms with Gasteiger partial charge in [-0.05, 0) is 48.2 Å². The average Bonchev–Trinajstić information content (AvgIpc) is 2.34. The molecule has 0 aliphatic rings. The van der Waals surface area contributed by atoms with E-state index in [-0.39, 0.29) is 5.75 Å². The van der Waals surface area contributed by atoms with Gasteiger partial charge in [0.2, 0.25) is 0 Å². The van der Waals surface area contributed by atoms with E-state index in [0.29, 0.717) is 27.5 Å². The molecule has 0 aromatic heterocycles. The molecule has 0 atom stereocenters. The van der Waals surface area contributed by atoms with Gasteiger partial charge >= 0.3 is 0 Å². The van der Waals surface area contributed by atoms with Gasteiger partial charge in [-0.25, -0.2) is 0 Å². The largest absolute Gasteiger partial charge is 0.504 e. The van der Waals surface area contributed by atoms with E-state index in [1.165, 1.54) is 0 Å². The predicted octanol–water partition coefficient (Wildman–Crippen LogP) is 5.69. The zero-order chi connectivity index (χ0) is 14.7. The molecule has 20 heavy (non-hydrogen) atoms. The van der Waals surface area contributed by atoms with Gasteiger partial charge in [0.1, 0.15) is 5.75 Å². The lowest BCUT2D eigenvalue weighted by Gasteiger charge is -2.11. The molecule has 0 bridgehead atoms. The molecule has 0 spiro atoms. The summed E-state index contributed by atoms with van der Waals surface area (Å²) in [6.45, 7) is 4.27. The van der Waals surface area contributed by atoms with Crippen LogP contribution in [-0.4, -0.2) is 5.11 Å². The molecule has 4 heteroatoms. The number of hydrogen-bond acceptors (Lipinski definition) is 2. The van der Waals surface area contributed by atoms with Crippen LogP contribution < -0.4 is 4.74 Å². The number of phenolic OH excluding ortho intramolecular Hbond substituents is 1. The van der Waals surface area contributed by atoms with Crippen molar-refractivity contribution in [2.24, 2.45) is 5.92 Å². The van der Waals surface area contributed by atoms with Crippen LogP contribution in [0.1, 0.15) is 19.4 Å². The maximum Gasteiger partial charge on any atom is 0.169 e. The van der Waals surface area contributed by atoms with Crippen molar-refractivity contribution in [1.82, 2.24) is 0 Å². The van der Waals surface area contributed by atoms with E-state index in [4.69, 9.17) is 27.9 Å². The molecule has 0 aliphatic carbocycles. The minimum atomic E-state index is 0.106. The molecule has 1 N–H and O–H groups in total. The van der Waals surface area contributed by atoms with E-state index in [0.717, 1.165) is 12.0 Å². The van der Waals surface area contributed by atoms with Gasteiger partial charge < -0.3 is 9.84 Å². The Morgan fingerprint density at radius 1 is 1.05 bits per heavy atom. The van der Waals surface area contributed by atoms with Crippen molar-refractivity contribution in [3.05, 3.63) is 52.0 Å². The third-order valence-corrected chi connectivity index (χ3v) is 3.31. The lowest BCUT2D eigenvalue weighted by molar-refractivity contribution is 0.410. The van der Waals surface area contributed by atoms with Crippen molar-refractivity contribution in [2.75, 3.05) is 0 Å². The topological polar surface area (TPSA) is 29.5 Å². The summed E-state index contributed by atoms with van der Waals surface area (Å²) in [5.74, 6) is 1.48. The van der Waals surface area contributed by atoms with Crippen LogP contribution in [0.25, 0.3) is 0 Å². The first-order valence-electron chi connectivity index (χ1n) is 6.40.